The molecule has 4 rings (SSSR count). The summed E-state index contributed by atoms with van der Waals surface area (Å²) in [5, 5.41) is 2.42. The lowest BCUT2D eigenvalue weighted by Gasteiger charge is -2.45. The quantitative estimate of drug-likeness (QED) is 0.434. The van der Waals surface area contributed by atoms with E-state index in [1.807, 2.05) is 37.3 Å². The van der Waals surface area contributed by atoms with Crippen LogP contribution >= 0.6 is 11.6 Å². The third-order valence-corrected chi connectivity index (χ3v) is 6.87. The Hall–Kier alpha value is -3.43. The number of nitrogens with one attached hydrogen (secondary N) is 1. The van der Waals surface area contributed by atoms with E-state index in [1.165, 1.54) is 29.4 Å². The zero-order valence-electron chi connectivity index (χ0n) is 20.0. The van der Waals surface area contributed by atoms with E-state index >= 15 is 4.39 Å². The molecule has 1 saturated heterocycles. The smallest absolute Gasteiger partial charge is 0.412 e. The molecule has 10 heteroatoms. The van der Waals surface area contributed by atoms with Crippen molar-refractivity contribution < 1.29 is 23.5 Å². The zero-order chi connectivity index (χ0) is 25.9. The first-order valence-corrected chi connectivity index (χ1v) is 12.0. The van der Waals surface area contributed by atoms with Gasteiger partial charge in [0.05, 0.1) is 34.5 Å². The van der Waals surface area contributed by atoms with Crippen LogP contribution in [0.1, 0.15) is 36.9 Å². The molecule has 2 aliphatic rings. The molecular weight excluding hydrogens is 487 g/mol. The Morgan fingerprint density at radius 3 is 2.78 bits per heavy atom. The average Bonchev–Trinajstić information content (AvgIpc) is 2.88. The third kappa shape index (κ3) is 4.94. The van der Waals surface area contributed by atoms with Crippen molar-refractivity contribution in [1.29, 1.82) is 0 Å². The van der Waals surface area contributed by atoms with Gasteiger partial charge >= 0.3 is 6.09 Å². The molecule has 1 spiro atoms. The summed E-state index contributed by atoms with van der Waals surface area (Å²) >= 11 is 6.04. The highest BCUT2D eigenvalue weighted by molar-refractivity contribution is 6.31. The molecule has 0 aromatic heterocycles. The van der Waals surface area contributed by atoms with Gasteiger partial charge < -0.3 is 20.1 Å². The van der Waals surface area contributed by atoms with E-state index in [9.17, 15) is 9.59 Å². The van der Waals surface area contributed by atoms with E-state index in [0.29, 0.717) is 19.4 Å². The molecule has 3 N–H and O–H groups in total. The summed E-state index contributed by atoms with van der Waals surface area (Å²) in [6, 6.07) is 12.1. The van der Waals surface area contributed by atoms with Gasteiger partial charge in [-0.3, -0.25) is 15.1 Å². The topological polar surface area (TPSA) is 106 Å². The van der Waals surface area contributed by atoms with Crippen molar-refractivity contribution in [3.05, 3.63) is 76.2 Å². The van der Waals surface area contributed by atoms with Gasteiger partial charge in [0.2, 0.25) is 0 Å². The van der Waals surface area contributed by atoms with Crippen molar-refractivity contribution in [3.8, 4) is 0 Å². The van der Waals surface area contributed by atoms with Crippen LogP contribution in [0.4, 0.5) is 14.9 Å². The van der Waals surface area contributed by atoms with Crippen molar-refractivity contribution in [2.75, 3.05) is 25.5 Å². The normalized spacial score (nSPS) is 21.6. The number of methoxy groups -OCH3 is 1. The molecule has 3 atom stereocenters. The Morgan fingerprint density at radius 1 is 1.33 bits per heavy atom. The number of halogens is 2. The molecular formula is C26H28ClFN4O4. The van der Waals surface area contributed by atoms with E-state index in [4.69, 9.17) is 26.8 Å². The van der Waals surface area contributed by atoms with Crippen molar-refractivity contribution in [2.45, 2.75) is 37.5 Å². The van der Waals surface area contributed by atoms with Crippen molar-refractivity contribution >= 4 is 35.5 Å². The number of amides is 2. The second-order valence-corrected chi connectivity index (χ2v) is 9.23. The SMILES string of the molecule is COC(C)C(N=C/C(=C\N)C(=O)N1CCC[C@@]2(C1)OC(=O)Nc1ccc(Cl)c(F)c12)c1ccccc1. The molecule has 36 heavy (non-hydrogen) atoms. The van der Waals surface area contributed by atoms with E-state index in [-0.39, 0.29) is 40.5 Å². The van der Waals surface area contributed by atoms with Gasteiger partial charge in [0.1, 0.15) is 6.04 Å². The van der Waals surface area contributed by atoms with Crippen LogP contribution in [-0.2, 0) is 19.9 Å². The number of carbonyl (C=O) groups is 2. The Bertz CT molecular complexity index is 1210. The van der Waals surface area contributed by atoms with Gasteiger partial charge in [-0.1, -0.05) is 41.9 Å². The Kier molecular flexibility index (Phi) is 7.61. The number of fused-ring (bicyclic) bond motifs is 2. The summed E-state index contributed by atoms with van der Waals surface area (Å²) < 4.78 is 26.3. The molecule has 2 aromatic carbocycles. The van der Waals surface area contributed by atoms with Gasteiger partial charge in [-0.15, -0.1) is 0 Å². The zero-order valence-corrected chi connectivity index (χ0v) is 20.8. The van der Waals surface area contributed by atoms with E-state index < -0.39 is 23.4 Å². The van der Waals surface area contributed by atoms with Gasteiger partial charge in [0, 0.05) is 26.1 Å². The summed E-state index contributed by atoms with van der Waals surface area (Å²) in [7, 11) is 1.59. The Morgan fingerprint density at radius 2 is 2.08 bits per heavy atom. The first-order chi connectivity index (χ1) is 17.3. The molecule has 1 fully saturated rings. The van der Waals surface area contributed by atoms with Crippen LogP contribution in [-0.4, -0.2) is 49.4 Å². The molecule has 0 bridgehead atoms. The predicted molar refractivity (Wildman–Crippen MR) is 135 cm³/mol. The van der Waals surface area contributed by atoms with Crippen molar-refractivity contribution in [2.24, 2.45) is 10.7 Å². The second-order valence-electron chi connectivity index (χ2n) is 8.82. The second kappa shape index (κ2) is 10.7. The van der Waals surface area contributed by atoms with Crippen LogP contribution in [0.25, 0.3) is 0 Å². The highest BCUT2D eigenvalue weighted by atomic mass is 35.5. The number of hydrogen-bond acceptors (Lipinski definition) is 6. The van der Waals surface area contributed by atoms with Crippen LogP contribution < -0.4 is 11.1 Å². The molecule has 0 radical (unpaired) electrons. The third-order valence-electron chi connectivity index (χ3n) is 6.58. The van der Waals surface area contributed by atoms with E-state index in [1.54, 1.807) is 7.11 Å². The number of likely N-dealkylation sites (tertiary alicyclic amines) is 1. The fourth-order valence-electron chi connectivity index (χ4n) is 4.72. The van der Waals surface area contributed by atoms with Gasteiger partial charge in [-0.05, 0) is 37.5 Å². The summed E-state index contributed by atoms with van der Waals surface area (Å²) in [5.41, 5.74) is 5.95. The number of hydrogen-bond donors (Lipinski definition) is 2. The molecule has 0 saturated carbocycles. The molecule has 0 aliphatic carbocycles. The number of benzene rings is 2. The fraction of sp³-hybridized carbons (Fsp3) is 0.346. The largest absolute Gasteiger partial charge is 0.436 e. The fourth-order valence-corrected chi connectivity index (χ4v) is 4.87. The molecule has 190 valence electrons. The summed E-state index contributed by atoms with van der Waals surface area (Å²) in [6.07, 6.45) is 2.46. The predicted octanol–water partition coefficient (Wildman–Crippen LogP) is 4.55. The molecule has 2 aromatic rings. The van der Waals surface area contributed by atoms with Crippen LogP contribution in [0.5, 0.6) is 0 Å². The Balaban J connectivity index is 1.61. The van der Waals surface area contributed by atoms with Gasteiger partial charge in [-0.2, -0.15) is 0 Å². The number of nitrogens with two attached hydrogens (primary N) is 1. The first-order valence-electron chi connectivity index (χ1n) is 11.6. The van der Waals surface area contributed by atoms with Crippen LogP contribution in [0, 0.1) is 5.82 Å². The number of rotatable bonds is 6. The number of ether oxygens (including phenoxy) is 2. The van der Waals surface area contributed by atoms with Crippen LogP contribution in [0.3, 0.4) is 0 Å². The lowest BCUT2D eigenvalue weighted by molar-refractivity contribution is -0.134. The number of piperidine rings is 1. The minimum atomic E-state index is -1.37. The van der Waals surface area contributed by atoms with Gasteiger partial charge in [0.15, 0.2) is 11.4 Å². The highest BCUT2D eigenvalue weighted by Gasteiger charge is 2.48. The molecule has 8 nitrogen and oxygen atoms in total. The molecule has 2 aliphatic heterocycles. The molecule has 2 unspecified atom stereocenters. The Labute approximate surface area is 213 Å². The average molecular weight is 515 g/mol. The number of nitrogens with zero attached hydrogens (tertiary/aromatic N) is 2. The first kappa shape index (κ1) is 25.7. The standard InChI is InChI=1S/C26H28ClFN4O4/c1-16(35-2)23(17-7-4-3-5-8-17)30-14-18(13-29)24(33)32-12-6-11-26(15-32)21-20(31-25(34)36-26)10-9-19(27)22(21)28/h3-5,7-10,13-14,16,23H,6,11-12,15,29H2,1-2H3,(H,31,34)/b18-13+,30-14?/t16?,23?,26-/m0/s1. The monoisotopic (exact) mass is 514 g/mol. The van der Waals surface area contributed by atoms with Crippen molar-refractivity contribution in [1.82, 2.24) is 4.90 Å². The molecule has 2 heterocycles. The number of aliphatic imine (C=N–C) groups is 1. The van der Waals surface area contributed by atoms with E-state index in [0.717, 1.165) is 5.56 Å². The van der Waals surface area contributed by atoms with Crippen LogP contribution in [0.15, 0.2) is 59.2 Å². The summed E-state index contributed by atoms with van der Waals surface area (Å²) in [4.78, 5) is 31.9. The highest BCUT2D eigenvalue weighted by Crippen LogP contribution is 2.45. The van der Waals surface area contributed by atoms with Crippen LogP contribution in [0.2, 0.25) is 5.02 Å². The number of anilines is 1. The minimum absolute atomic E-state index is 0.0503. The maximum absolute atomic E-state index is 15.1. The van der Waals surface area contributed by atoms with E-state index in [2.05, 4.69) is 10.3 Å². The minimum Gasteiger partial charge on any atom is -0.436 e. The lowest BCUT2D eigenvalue weighted by Crippen LogP contribution is -2.54. The summed E-state index contributed by atoms with van der Waals surface area (Å²) in [6.45, 7) is 2.22. The van der Waals surface area contributed by atoms with Gasteiger partial charge in [0.25, 0.3) is 5.91 Å². The maximum Gasteiger partial charge on any atom is 0.412 e. The van der Waals surface area contributed by atoms with Crippen molar-refractivity contribution in [3.63, 3.8) is 0 Å². The molecule has 2 amide bonds. The van der Waals surface area contributed by atoms with Gasteiger partial charge in [-0.25, -0.2) is 9.18 Å². The summed E-state index contributed by atoms with van der Waals surface area (Å²) in [5.74, 6) is -1.09. The lowest BCUT2D eigenvalue weighted by atomic mass is 9.83. The maximum atomic E-state index is 15.1. The number of carbonyl (C=O) groups excluding carboxylic acids is 2.